The van der Waals surface area contributed by atoms with E-state index in [1.807, 2.05) is 132 Å². The predicted molar refractivity (Wildman–Crippen MR) is 255 cm³/mol. The first kappa shape index (κ1) is 47.9. The van der Waals surface area contributed by atoms with Crippen molar-refractivity contribution in [2.45, 2.75) is 82.5 Å². The smallest absolute Gasteiger partial charge is 0.407 e. The zero-order chi connectivity index (χ0) is 47.3. The van der Waals surface area contributed by atoms with E-state index in [4.69, 9.17) is 9.47 Å². The molecule has 12 nitrogen and oxygen atoms in total. The third-order valence-electron chi connectivity index (χ3n) is 13.0. The molecule has 1 N–H and O–H groups in total. The second kappa shape index (κ2) is 22.9. The highest BCUT2D eigenvalue weighted by Gasteiger charge is 2.39. The minimum atomic E-state index is -1.50. The first-order chi connectivity index (χ1) is 32.5. The van der Waals surface area contributed by atoms with Crippen LogP contribution < -0.4 is 5.32 Å². The molecule has 1 aliphatic carbocycles. The van der Waals surface area contributed by atoms with Crippen LogP contribution in [0.3, 0.4) is 0 Å². The fourth-order valence-electron chi connectivity index (χ4n) is 9.22. The number of hydrogen-bond donors (Lipinski definition) is 1. The number of likely N-dealkylation sites (N-methyl/N-ethyl adjacent to an activating group) is 2. The largest absolute Gasteiger partial charge is 0.461 e. The predicted octanol–water partition coefficient (Wildman–Crippen LogP) is 7.77. The molecule has 0 radical (unpaired) electrons. The number of carbonyl (C=O) groups is 6. The van der Waals surface area contributed by atoms with E-state index in [-0.39, 0.29) is 50.1 Å². The highest BCUT2D eigenvalue weighted by atomic mass is 16.5. The number of rotatable bonds is 19. The maximum Gasteiger partial charge on any atom is 0.407 e. The molecule has 0 unspecified atom stereocenters. The van der Waals surface area contributed by atoms with E-state index in [1.165, 1.54) is 16.8 Å². The second-order valence-electron chi connectivity index (χ2n) is 17.6. The number of alkyl carbamates (subject to hydrolysis) is 1. The van der Waals surface area contributed by atoms with Gasteiger partial charge in [-0.1, -0.05) is 146 Å². The molecule has 0 aromatic heterocycles. The average Bonchev–Trinajstić information content (AvgIpc) is 3.69. The van der Waals surface area contributed by atoms with Crippen LogP contribution in [-0.4, -0.2) is 102 Å². The Morgan fingerprint density at radius 1 is 0.597 bits per heavy atom. The number of ketones is 1. The van der Waals surface area contributed by atoms with Crippen LogP contribution in [0.25, 0.3) is 11.1 Å². The van der Waals surface area contributed by atoms with E-state index in [9.17, 15) is 24.0 Å². The number of amides is 4. The van der Waals surface area contributed by atoms with Crippen molar-refractivity contribution in [3.05, 3.63) is 167 Å². The van der Waals surface area contributed by atoms with E-state index in [0.29, 0.717) is 13.1 Å². The summed E-state index contributed by atoms with van der Waals surface area (Å²) in [7, 11) is 3.01. The van der Waals surface area contributed by atoms with Gasteiger partial charge in [0, 0.05) is 51.9 Å². The SMILES string of the molecule is C[C@H](CC(=O)[C@H](Cc1ccccc1)N(C)C(=O)[C@H](Cc1ccccc1)N(C)C(=O)[C@H](CC(=O)OCc1ccccc1)NC(=O)OCC1c2ccccc2-c2ccccc21)C(=O)N1CCCCC1. The lowest BCUT2D eigenvalue weighted by atomic mass is 9.92. The summed E-state index contributed by atoms with van der Waals surface area (Å²) in [6, 6.07) is 39.8. The fourth-order valence-corrected chi connectivity index (χ4v) is 9.22. The quantitative estimate of drug-likeness (QED) is 0.0829. The summed E-state index contributed by atoms with van der Waals surface area (Å²) in [4.78, 5) is 89.6. The third kappa shape index (κ3) is 12.2. The average molecular weight is 905 g/mol. The van der Waals surface area contributed by atoms with E-state index >= 15 is 4.79 Å². The monoisotopic (exact) mass is 904 g/mol. The van der Waals surface area contributed by atoms with Crippen LogP contribution in [0.5, 0.6) is 0 Å². The second-order valence-corrected chi connectivity index (χ2v) is 17.6. The molecular formula is C55H60N4O8. The van der Waals surface area contributed by atoms with Crippen molar-refractivity contribution in [1.29, 1.82) is 0 Å². The summed E-state index contributed by atoms with van der Waals surface area (Å²) in [6.45, 7) is 2.99. The molecule has 5 aromatic rings. The molecule has 67 heavy (non-hydrogen) atoms. The molecule has 1 saturated heterocycles. The number of Topliss-reactive ketones (excluding diaryl/α,β-unsaturated/α-hetero) is 1. The number of nitrogens with zero attached hydrogens (tertiary/aromatic N) is 3. The molecule has 1 aliphatic heterocycles. The summed E-state index contributed by atoms with van der Waals surface area (Å²) in [6.07, 6.45) is 1.60. The van der Waals surface area contributed by atoms with Crippen molar-refractivity contribution in [3.63, 3.8) is 0 Å². The maximum atomic E-state index is 15.1. The Balaban J connectivity index is 1.13. The number of carbonyl (C=O) groups excluding carboxylic acids is 6. The molecule has 0 bridgehead atoms. The number of nitrogens with one attached hydrogen (secondary N) is 1. The highest BCUT2D eigenvalue weighted by Crippen LogP contribution is 2.44. The molecule has 348 valence electrons. The van der Waals surface area contributed by atoms with Crippen molar-refractivity contribution >= 4 is 35.6 Å². The first-order valence-corrected chi connectivity index (χ1v) is 23.2. The molecular weight excluding hydrogens is 845 g/mol. The topological polar surface area (TPSA) is 143 Å². The minimum absolute atomic E-state index is 0.0337. The van der Waals surface area contributed by atoms with Crippen LogP contribution in [0.1, 0.15) is 72.8 Å². The van der Waals surface area contributed by atoms with Crippen LogP contribution in [0.2, 0.25) is 0 Å². The molecule has 0 spiro atoms. The van der Waals surface area contributed by atoms with Crippen LogP contribution in [-0.2, 0) is 52.9 Å². The Bertz CT molecular complexity index is 2450. The summed E-state index contributed by atoms with van der Waals surface area (Å²) >= 11 is 0. The van der Waals surface area contributed by atoms with Gasteiger partial charge in [-0.25, -0.2) is 4.79 Å². The van der Waals surface area contributed by atoms with E-state index in [0.717, 1.165) is 58.2 Å². The van der Waals surface area contributed by atoms with Crippen molar-refractivity contribution in [2.24, 2.45) is 5.92 Å². The summed E-state index contributed by atoms with van der Waals surface area (Å²) < 4.78 is 11.4. The molecule has 4 amide bonds. The molecule has 1 fully saturated rings. The third-order valence-corrected chi connectivity index (χ3v) is 13.0. The van der Waals surface area contributed by atoms with E-state index in [2.05, 4.69) is 5.32 Å². The summed E-state index contributed by atoms with van der Waals surface area (Å²) in [5.74, 6) is -3.23. The lowest BCUT2D eigenvalue weighted by molar-refractivity contribution is -0.151. The number of fused-ring (bicyclic) bond motifs is 3. The summed E-state index contributed by atoms with van der Waals surface area (Å²) in [5, 5.41) is 2.65. The summed E-state index contributed by atoms with van der Waals surface area (Å²) in [5.41, 5.74) is 6.41. The van der Waals surface area contributed by atoms with Crippen molar-refractivity contribution in [3.8, 4) is 11.1 Å². The first-order valence-electron chi connectivity index (χ1n) is 23.2. The molecule has 0 saturated carbocycles. The van der Waals surface area contributed by atoms with E-state index < -0.39 is 54.3 Å². The molecule has 4 atom stereocenters. The highest BCUT2D eigenvalue weighted by molar-refractivity contribution is 5.96. The number of ether oxygens (including phenoxy) is 2. The Labute approximate surface area is 393 Å². The van der Waals surface area contributed by atoms with Gasteiger partial charge in [-0.3, -0.25) is 24.0 Å². The maximum absolute atomic E-state index is 15.1. The molecule has 12 heteroatoms. The number of esters is 1. The zero-order valence-corrected chi connectivity index (χ0v) is 38.6. The molecule has 5 aromatic carbocycles. The number of likely N-dealkylation sites (tertiary alicyclic amines) is 1. The lowest BCUT2D eigenvalue weighted by Gasteiger charge is -2.36. The van der Waals surface area contributed by atoms with Gasteiger partial charge in [0.1, 0.15) is 25.3 Å². The van der Waals surface area contributed by atoms with Crippen LogP contribution in [0, 0.1) is 5.92 Å². The van der Waals surface area contributed by atoms with Gasteiger partial charge in [-0.15, -0.1) is 0 Å². The molecule has 7 rings (SSSR count). The van der Waals surface area contributed by atoms with Gasteiger partial charge in [0.05, 0.1) is 12.5 Å². The minimum Gasteiger partial charge on any atom is -0.461 e. The fraction of sp³-hybridized carbons (Fsp3) is 0.345. The van der Waals surface area contributed by atoms with Crippen LogP contribution in [0.15, 0.2) is 140 Å². The van der Waals surface area contributed by atoms with Gasteiger partial charge < -0.3 is 29.5 Å². The Morgan fingerprint density at radius 3 is 1.66 bits per heavy atom. The van der Waals surface area contributed by atoms with Gasteiger partial charge in [-0.2, -0.15) is 0 Å². The van der Waals surface area contributed by atoms with Crippen molar-refractivity contribution < 1.29 is 38.2 Å². The number of piperidine rings is 1. The standard InChI is InChI=1S/C55H60N4O8/c1-38(52(62)59-30-18-7-19-31-59)32-50(60)48(33-39-20-8-4-9-21-39)57(2)54(64)49(34-40-22-10-5-11-23-40)58(3)53(63)47(35-51(61)66-36-41-24-12-6-13-25-41)56-55(65)67-37-46-44-28-16-14-26-42(44)43-27-15-17-29-45(43)46/h4-6,8-17,20-29,38,46-49H,7,18-19,30-37H2,1-3H3,(H,56,65)/t38-,47+,48+,49+/m1/s1. The lowest BCUT2D eigenvalue weighted by Crippen LogP contribution is -2.58. The van der Waals surface area contributed by atoms with Gasteiger partial charge in [0.15, 0.2) is 5.78 Å². The molecule has 2 aliphatic rings. The Kier molecular flexibility index (Phi) is 16.4. The van der Waals surface area contributed by atoms with Crippen molar-refractivity contribution in [1.82, 2.24) is 20.0 Å². The number of hydrogen-bond acceptors (Lipinski definition) is 8. The Hall–Kier alpha value is -7.08. The van der Waals surface area contributed by atoms with E-state index in [1.54, 1.807) is 26.1 Å². The molecule has 1 heterocycles. The van der Waals surface area contributed by atoms with Crippen LogP contribution in [0.4, 0.5) is 4.79 Å². The van der Waals surface area contributed by atoms with Gasteiger partial charge in [-0.05, 0) is 64.6 Å². The van der Waals surface area contributed by atoms with Crippen molar-refractivity contribution in [2.75, 3.05) is 33.8 Å². The van der Waals surface area contributed by atoms with Gasteiger partial charge >= 0.3 is 12.1 Å². The van der Waals surface area contributed by atoms with Gasteiger partial charge in [0.2, 0.25) is 17.7 Å². The van der Waals surface area contributed by atoms with Crippen LogP contribution >= 0.6 is 0 Å². The zero-order valence-electron chi connectivity index (χ0n) is 38.6. The van der Waals surface area contributed by atoms with Gasteiger partial charge in [0.25, 0.3) is 0 Å². The Morgan fingerprint density at radius 2 is 1.09 bits per heavy atom. The number of benzene rings is 5. The normalized spacial score (nSPS) is 14.9.